The summed E-state index contributed by atoms with van der Waals surface area (Å²) in [4.78, 5) is 4.40. The van der Waals surface area contributed by atoms with Crippen LogP contribution >= 0.6 is 11.8 Å². The van der Waals surface area contributed by atoms with E-state index >= 15 is 0 Å². The van der Waals surface area contributed by atoms with Crippen molar-refractivity contribution in [1.82, 2.24) is 4.57 Å². The number of hydrogen-bond donors (Lipinski definition) is 0. The molecule has 2 heterocycles. The van der Waals surface area contributed by atoms with Gasteiger partial charge < -0.3 is 4.57 Å². The van der Waals surface area contributed by atoms with Crippen LogP contribution in [-0.4, -0.2) is 16.5 Å². The smallest absolute Gasteiger partial charge is 0.172 e. The molecule has 1 aliphatic heterocycles. The second kappa shape index (κ2) is 2.98. The molecule has 0 amide bonds. The lowest BCUT2D eigenvalue weighted by Crippen LogP contribution is -2.04. The Kier molecular flexibility index (Phi) is 1.97. The highest BCUT2D eigenvalue weighted by Gasteiger charge is 2.15. The Morgan fingerprint density at radius 2 is 2.08 bits per heavy atom. The van der Waals surface area contributed by atoms with E-state index in [0.29, 0.717) is 5.50 Å². The third-order valence-corrected chi connectivity index (χ3v) is 3.07. The normalized spacial score (nSPS) is 22.0. The minimum atomic E-state index is 0.292. The van der Waals surface area contributed by atoms with Crippen LogP contribution in [0, 0.1) is 13.8 Å². The Balaban J connectivity index is 2.37. The highest BCUT2D eigenvalue weighted by molar-refractivity contribution is 8.00. The van der Waals surface area contributed by atoms with Crippen molar-refractivity contribution in [2.75, 3.05) is 5.75 Å². The fraction of sp³-hybridized carbons (Fsp3) is 0.444. The molecule has 2 nitrogen and oxygen atoms in total. The molecule has 64 valence electrons. The average molecular weight is 180 g/mol. The van der Waals surface area contributed by atoms with Crippen LogP contribution in [0.5, 0.6) is 0 Å². The summed E-state index contributed by atoms with van der Waals surface area (Å²) in [6.45, 7) is 4.25. The van der Waals surface area contributed by atoms with Crippen molar-refractivity contribution in [2.45, 2.75) is 19.3 Å². The molecule has 0 aromatic carbocycles. The molecule has 0 saturated heterocycles. The number of aliphatic imine (C=N–C) groups is 1. The number of thioether (sulfide) groups is 1. The van der Waals surface area contributed by atoms with E-state index in [-0.39, 0.29) is 0 Å². The minimum absolute atomic E-state index is 0.292. The zero-order valence-electron chi connectivity index (χ0n) is 7.32. The van der Waals surface area contributed by atoms with Gasteiger partial charge in [0.25, 0.3) is 0 Å². The van der Waals surface area contributed by atoms with E-state index in [1.165, 1.54) is 11.4 Å². The molecular formula is C9H12N2S. The molecule has 0 saturated carbocycles. The molecule has 1 aromatic rings. The van der Waals surface area contributed by atoms with Crippen molar-refractivity contribution in [2.24, 2.45) is 4.99 Å². The maximum atomic E-state index is 4.40. The molecule has 1 aliphatic rings. The number of nitrogens with zero attached hydrogens (tertiary/aromatic N) is 2. The monoisotopic (exact) mass is 180 g/mol. The van der Waals surface area contributed by atoms with Gasteiger partial charge in [0.1, 0.15) is 0 Å². The largest absolute Gasteiger partial charge is 0.318 e. The van der Waals surface area contributed by atoms with Crippen molar-refractivity contribution < 1.29 is 0 Å². The van der Waals surface area contributed by atoms with Crippen LogP contribution in [-0.2, 0) is 0 Å². The van der Waals surface area contributed by atoms with E-state index in [1.54, 1.807) is 0 Å². The summed E-state index contributed by atoms with van der Waals surface area (Å²) in [6.07, 6.45) is 1.99. The van der Waals surface area contributed by atoms with Crippen LogP contribution in [0.1, 0.15) is 16.9 Å². The predicted octanol–water partition coefficient (Wildman–Crippen LogP) is 2.38. The van der Waals surface area contributed by atoms with Crippen LogP contribution in [0.4, 0.5) is 0 Å². The Morgan fingerprint density at radius 3 is 2.58 bits per heavy atom. The summed E-state index contributed by atoms with van der Waals surface area (Å²) < 4.78 is 2.27. The van der Waals surface area contributed by atoms with Gasteiger partial charge in [0.2, 0.25) is 0 Å². The van der Waals surface area contributed by atoms with Crippen molar-refractivity contribution in [3.05, 3.63) is 23.5 Å². The van der Waals surface area contributed by atoms with Gasteiger partial charge >= 0.3 is 0 Å². The molecule has 1 aromatic heterocycles. The third kappa shape index (κ3) is 1.18. The molecule has 12 heavy (non-hydrogen) atoms. The maximum Gasteiger partial charge on any atom is 0.172 e. The SMILES string of the molecule is Cc1ccc(C)n1C1N=CCS1. The molecule has 0 spiro atoms. The number of aryl methyl sites for hydroxylation is 2. The van der Waals surface area contributed by atoms with E-state index < -0.39 is 0 Å². The average Bonchev–Trinajstić information content (AvgIpc) is 2.61. The number of hydrogen-bond acceptors (Lipinski definition) is 2. The second-order valence-corrected chi connectivity index (χ2v) is 4.07. The van der Waals surface area contributed by atoms with Gasteiger partial charge in [-0.05, 0) is 26.0 Å². The van der Waals surface area contributed by atoms with E-state index in [2.05, 4.69) is 35.5 Å². The third-order valence-electron chi connectivity index (χ3n) is 2.10. The Morgan fingerprint density at radius 1 is 1.42 bits per heavy atom. The first-order chi connectivity index (χ1) is 5.79. The van der Waals surface area contributed by atoms with Crippen molar-refractivity contribution in [3.8, 4) is 0 Å². The van der Waals surface area contributed by atoms with Crippen LogP contribution in [0.25, 0.3) is 0 Å². The first-order valence-electron chi connectivity index (χ1n) is 4.07. The van der Waals surface area contributed by atoms with Crippen LogP contribution in [0.2, 0.25) is 0 Å². The summed E-state index contributed by atoms with van der Waals surface area (Å²) in [5, 5.41) is 0. The Labute approximate surface area is 76.7 Å². The predicted molar refractivity (Wildman–Crippen MR) is 53.9 cm³/mol. The standard InChI is InChI=1S/C9H12N2S/c1-7-3-4-8(2)11(7)9-10-5-6-12-9/h3-5,9H,6H2,1-2H3. The minimum Gasteiger partial charge on any atom is -0.318 e. The zero-order chi connectivity index (χ0) is 8.55. The lowest BCUT2D eigenvalue weighted by atomic mass is 10.5. The molecule has 3 heteroatoms. The van der Waals surface area contributed by atoms with Gasteiger partial charge in [-0.3, -0.25) is 4.99 Å². The first-order valence-corrected chi connectivity index (χ1v) is 5.11. The van der Waals surface area contributed by atoms with Crippen LogP contribution < -0.4 is 0 Å². The summed E-state index contributed by atoms with van der Waals surface area (Å²) in [5.41, 5.74) is 2.88. The topological polar surface area (TPSA) is 17.3 Å². The Hall–Kier alpha value is -0.700. The fourth-order valence-corrected chi connectivity index (χ4v) is 2.47. The number of rotatable bonds is 1. The molecule has 0 bridgehead atoms. The van der Waals surface area contributed by atoms with Crippen LogP contribution in [0.3, 0.4) is 0 Å². The van der Waals surface area contributed by atoms with Crippen LogP contribution in [0.15, 0.2) is 17.1 Å². The molecule has 0 fully saturated rings. The highest BCUT2D eigenvalue weighted by atomic mass is 32.2. The first kappa shape index (κ1) is 7.92. The quantitative estimate of drug-likeness (QED) is 0.648. The Bertz CT molecular complexity index is 295. The summed E-state index contributed by atoms with van der Waals surface area (Å²) in [6, 6.07) is 4.29. The number of aromatic nitrogens is 1. The van der Waals surface area contributed by atoms with E-state index in [0.717, 1.165) is 5.75 Å². The second-order valence-electron chi connectivity index (χ2n) is 2.98. The molecule has 0 radical (unpaired) electrons. The lowest BCUT2D eigenvalue weighted by Gasteiger charge is -2.13. The van der Waals surface area contributed by atoms with Crippen molar-refractivity contribution in [1.29, 1.82) is 0 Å². The molecule has 0 aliphatic carbocycles. The molecule has 2 rings (SSSR count). The van der Waals surface area contributed by atoms with E-state index in [1.807, 2.05) is 18.0 Å². The van der Waals surface area contributed by atoms with Gasteiger partial charge in [0.15, 0.2) is 5.50 Å². The highest BCUT2D eigenvalue weighted by Crippen LogP contribution is 2.30. The van der Waals surface area contributed by atoms with E-state index in [4.69, 9.17) is 0 Å². The summed E-state index contributed by atoms with van der Waals surface area (Å²) in [7, 11) is 0. The van der Waals surface area contributed by atoms with Gasteiger partial charge in [-0.2, -0.15) is 0 Å². The molecule has 1 unspecified atom stereocenters. The van der Waals surface area contributed by atoms with Gasteiger partial charge in [0, 0.05) is 23.4 Å². The van der Waals surface area contributed by atoms with E-state index in [9.17, 15) is 0 Å². The van der Waals surface area contributed by atoms with Crippen molar-refractivity contribution in [3.63, 3.8) is 0 Å². The summed E-state index contributed by atoms with van der Waals surface area (Å²) >= 11 is 1.87. The zero-order valence-corrected chi connectivity index (χ0v) is 8.14. The molecular weight excluding hydrogens is 168 g/mol. The maximum absolute atomic E-state index is 4.40. The van der Waals surface area contributed by atoms with Gasteiger partial charge in [-0.15, -0.1) is 11.8 Å². The lowest BCUT2D eigenvalue weighted by molar-refractivity contribution is 0.683. The molecule has 1 atom stereocenters. The van der Waals surface area contributed by atoms with Gasteiger partial charge in [-0.25, -0.2) is 0 Å². The summed E-state index contributed by atoms with van der Waals surface area (Å²) in [5.74, 6) is 1.04. The molecule has 0 N–H and O–H groups in total. The fourth-order valence-electron chi connectivity index (χ4n) is 1.47. The van der Waals surface area contributed by atoms with Crippen molar-refractivity contribution >= 4 is 18.0 Å². The van der Waals surface area contributed by atoms with Gasteiger partial charge in [-0.1, -0.05) is 0 Å². The van der Waals surface area contributed by atoms with Gasteiger partial charge in [0.05, 0.1) is 0 Å².